The Morgan fingerprint density at radius 2 is 2.00 bits per heavy atom. The minimum Gasteiger partial charge on any atom is -0.452 e. The highest BCUT2D eigenvalue weighted by Crippen LogP contribution is 2.56. The molecule has 0 radical (unpaired) electrons. The van der Waals surface area contributed by atoms with Gasteiger partial charge in [-0.05, 0) is 30.5 Å². The van der Waals surface area contributed by atoms with E-state index in [4.69, 9.17) is 4.74 Å². The van der Waals surface area contributed by atoms with E-state index in [0.717, 1.165) is 0 Å². The van der Waals surface area contributed by atoms with Gasteiger partial charge in [0, 0.05) is 5.70 Å². The summed E-state index contributed by atoms with van der Waals surface area (Å²) in [7, 11) is -4.73. The lowest BCUT2D eigenvalue weighted by atomic mass is 9.72. The molecule has 1 atom stereocenters. The predicted octanol–water partition coefficient (Wildman–Crippen LogP) is 4.12. The molecule has 0 N–H and O–H groups in total. The highest BCUT2D eigenvalue weighted by molar-refractivity contribution is 7.87. The largest absolute Gasteiger partial charge is 0.534 e. The maximum absolute atomic E-state index is 12.9. The van der Waals surface area contributed by atoms with Crippen molar-refractivity contribution in [3.05, 3.63) is 66.1 Å². The van der Waals surface area contributed by atoms with Gasteiger partial charge in [-0.1, -0.05) is 30.4 Å². The lowest BCUT2D eigenvalue weighted by Crippen LogP contribution is -2.39. The number of alkyl halides is 3. The number of ether oxygens (including phenoxy) is 1. The van der Waals surface area contributed by atoms with Crippen molar-refractivity contribution in [3.63, 3.8) is 0 Å². The van der Waals surface area contributed by atoms with Gasteiger partial charge in [0.05, 0.1) is 18.2 Å². The summed E-state index contributed by atoms with van der Waals surface area (Å²) in [4.78, 5) is 13.6. The summed E-state index contributed by atoms with van der Waals surface area (Å²) in [6.07, 6.45) is 3.61. The van der Waals surface area contributed by atoms with Crippen LogP contribution in [0, 0.1) is 0 Å². The Morgan fingerprint density at radius 1 is 1.32 bits per heavy atom. The van der Waals surface area contributed by atoms with Crippen molar-refractivity contribution < 1.29 is 35.3 Å². The summed E-state index contributed by atoms with van der Waals surface area (Å²) in [5, 5.41) is 0. The molecule has 1 aliphatic heterocycles. The normalized spacial score (nSPS) is 21.2. The zero-order chi connectivity index (χ0) is 20.7. The topological polar surface area (TPSA) is 72.9 Å². The summed E-state index contributed by atoms with van der Waals surface area (Å²) in [5.74, 6) is -0.430. The quantitative estimate of drug-likeness (QED) is 0.420. The van der Waals surface area contributed by atoms with Crippen molar-refractivity contribution in [2.24, 2.45) is 0 Å². The van der Waals surface area contributed by atoms with Crippen LogP contribution in [0.3, 0.4) is 0 Å². The molecule has 1 aromatic rings. The number of amides is 1. The van der Waals surface area contributed by atoms with Gasteiger partial charge < -0.3 is 8.92 Å². The third-order valence-corrected chi connectivity index (χ3v) is 5.57. The first-order valence-corrected chi connectivity index (χ1v) is 9.51. The smallest absolute Gasteiger partial charge is 0.452 e. The molecular formula is C18H16F3NO5S. The van der Waals surface area contributed by atoms with Gasteiger partial charge in [0.2, 0.25) is 0 Å². The molecule has 2 aliphatic rings. The van der Waals surface area contributed by atoms with Crippen LogP contribution in [0.1, 0.15) is 18.4 Å². The van der Waals surface area contributed by atoms with E-state index in [-0.39, 0.29) is 18.5 Å². The number of carbonyl (C=O) groups excluding carboxylic acids is 1. The molecule has 3 rings (SSSR count). The van der Waals surface area contributed by atoms with Crippen molar-refractivity contribution in [3.8, 4) is 0 Å². The van der Waals surface area contributed by atoms with Gasteiger partial charge in [0.15, 0.2) is 0 Å². The van der Waals surface area contributed by atoms with E-state index in [0.29, 0.717) is 11.3 Å². The summed E-state index contributed by atoms with van der Waals surface area (Å²) in [5.41, 5.74) is -6.01. The monoisotopic (exact) mass is 415 g/mol. The highest BCUT2D eigenvalue weighted by atomic mass is 32.2. The molecule has 0 spiro atoms. The van der Waals surface area contributed by atoms with Crippen LogP contribution in [-0.4, -0.2) is 27.1 Å². The maximum Gasteiger partial charge on any atom is 0.534 e. The number of hydrogen-bond donors (Lipinski definition) is 0. The molecule has 0 saturated heterocycles. The first kappa shape index (κ1) is 20.0. The zero-order valence-electron chi connectivity index (χ0n) is 14.7. The molecule has 0 aromatic heterocycles. The molecule has 0 saturated carbocycles. The minimum absolute atomic E-state index is 0.00253. The molecule has 1 aromatic carbocycles. The molecule has 10 heteroatoms. The summed E-state index contributed by atoms with van der Waals surface area (Å²) in [6.45, 7) is 3.64. The molecule has 1 unspecified atom stereocenters. The number of hydrogen-bond acceptors (Lipinski definition) is 5. The first-order valence-electron chi connectivity index (χ1n) is 8.10. The second-order valence-corrected chi connectivity index (χ2v) is 7.64. The number of carbonyl (C=O) groups is 1. The van der Waals surface area contributed by atoms with Gasteiger partial charge in [-0.3, -0.25) is 0 Å². The Balaban J connectivity index is 2.24. The second kappa shape index (κ2) is 6.69. The number of rotatable bonds is 4. The van der Waals surface area contributed by atoms with Crippen LogP contribution in [0.5, 0.6) is 0 Å². The standard InChI is InChI=1S/C18H16F3NO5S/c1-3-11-17-12-7-4-5-8-13(12)22(16(23)26-2)14(17)9-6-10-15(17)27-28(24,25)18(19,20)21/h3-5,7-10H,1,6,11H2,2H3. The molecule has 0 bridgehead atoms. The fourth-order valence-corrected chi connectivity index (χ4v) is 4.10. The van der Waals surface area contributed by atoms with Gasteiger partial charge in [-0.15, -0.1) is 6.58 Å². The number of nitrogens with zero attached hydrogens (tertiary/aromatic N) is 1. The molecular weight excluding hydrogens is 399 g/mol. The van der Waals surface area contributed by atoms with Crippen LogP contribution >= 0.6 is 0 Å². The minimum atomic E-state index is -5.90. The van der Waals surface area contributed by atoms with E-state index in [9.17, 15) is 26.4 Å². The summed E-state index contributed by atoms with van der Waals surface area (Å²) in [6, 6.07) is 6.46. The molecule has 1 aliphatic carbocycles. The van der Waals surface area contributed by atoms with Gasteiger partial charge >= 0.3 is 21.7 Å². The van der Waals surface area contributed by atoms with Gasteiger partial charge in [-0.2, -0.15) is 21.6 Å². The number of anilines is 1. The van der Waals surface area contributed by atoms with E-state index in [1.54, 1.807) is 30.3 Å². The summed E-state index contributed by atoms with van der Waals surface area (Å²) < 4.78 is 71.6. The van der Waals surface area contributed by atoms with Crippen LogP contribution in [-0.2, 0) is 24.5 Å². The Labute approximate surface area is 159 Å². The molecule has 1 heterocycles. The third-order valence-electron chi connectivity index (χ3n) is 4.61. The number of fused-ring (bicyclic) bond motifs is 3. The lowest BCUT2D eigenvalue weighted by molar-refractivity contribution is -0.0527. The Kier molecular flexibility index (Phi) is 4.78. The summed E-state index contributed by atoms with van der Waals surface area (Å²) >= 11 is 0. The fraction of sp³-hybridized carbons (Fsp3) is 0.278. The van der Waals surface area contributed by atoms with Crippen LogP contribution in [0.25, 0.3) is 0 Å². The number of methoxy groups -OCH3 is 1. The highest BCUT2D eigenvalue weighted by Gasteiger charge is 2.57. The molecule has 150 valence electrons. The Morgan fingerprint density at radius 3 is 2.61 bits per heavy atom. The SMILES string of the molecule is C=CCC12C(OS(=O)(=O)C(F)(F)F)=CCC=C1N(C(=O)OC)c1ccccc12. The second-order valence-electron chi connectivity index (χ2n) is 6.10. The van der Waals surface area contributed by atoms with Gasteiger partial charge in [0.25, 0.3) is 0 Å². The van der Waals surface area contributed by atoms with Gasteiger partial charge in [0.1, 0.15) is 5.76 Å². The third kappa shape index (κ3) is 2.79. The van der Waals surface area contributed by atoms with E-state index in [2.05, 4.69) is 10.8 Å². The Bertz CT molecular complexity index is 997. The van der Waals surface area contributed by atoms with E-state index < -0.39 is 32.9 Å². The van der Waals surface area contributed by atoms with Crippen molar-refractivity contribution >= 4 is 21.9 Å². The van der Waals surface area contributed by atoms with E-state index in [1.807, 2.05) is 0 Å². The number of allylic oxidation sites excluding steroid dienone is 3. The van der Waals surface area contributed by atoms with Crippen LogP contribution in [0.4, 0.5) is 23.7 Å². The average Bonchev–Trinajstić information content (AvgIpc) is 2.92. The van der Waals surface area contributed by atoms with Gasteiger partial charge in [-0.25, -0.2) is 9.69 Å². The number of halogens is 3. The van der Waals surface area contributed by atoms with Crippen molar-refractivity contribution in [1.29, 1.82) is 0 Å². The zero-order valence-corrected chi connectivity index (χ0v) is 15.5. The molecule has 0 fully saturated rings. The fourth-order valence-electron chi connectivity index (χ4n) is 3.55. The van der Waals surface area contributed by atoms with Crippen molar-refractivity contribution in [2.45, 2.75) is 23.8 Å². The maximum atomic E-state index is 12.9. The molecule has 28 heavy (non-hydrogen) atoms. The first-order chi connectivity index (χ1) is 13.1. The van der Waals surface area contributed by atoms with Crippen LogP contribution in [0.2, 0.25) is 0 Å². The Hall–Kier alpha value is -2.75. The molecule has 6 nitrogen and oxygen atoms in total. The lowest BCUT2D eigenvalue weighted by Gasteiger charge is -2.35. The number of benzene rings is 1. The van der Waals surface area contributed by atoms with E-state index >= 15 is 0 Å². The van der Waals surface area contributed by atoms with E-state index in [1.165, 1.54) is 24.2 Å². The van der Waals surface area contributed by atoms with Crippen LogP contribution in [0.15, 0.2) is 60.5 Å². The van der Waals surface area contributed by atoms with Crippen molar-refractivity contribution in [1.82, 2.24) is 0 Å². The average molecular weight is 415 g/mol. The molecule has 1 amide bonds. The van der Waals surface area contributed by atoms with Crippen molar-refractivity contribution in [2.75, 3.05) is 12.0 Å². The number of para-hydroxylation sites is 1. The van der Waals surface area contributed by atoms with Crippen LogP contribution < -0.4 is 4.90 Å². The predicted molar refractivity (Wildman–Crippen MR) is 94.7 cm³/mol.